The van der Waals surface area contributed by atoms with E-state index in [1.807, 2.05) is 0 Å². The Kier molecular flexibility index (Phi) is 4.20. The molecule has 0 amide bonds. The third-order valence-corrected chi connectivity index (χ3v) is 4.92. The van der Waals surface area contributed by atoms with Crippen molar-refractivity contribution < 1.29 is 9.53 Å². The molecule has 3 rings (SSSR count). The number of hydrogen-bond acceptors (Lipinski definition) is 6. The van der Waals surface area contributed by atoms with Gasteiger partial charge in [0.2, 0.25) is 0 Å². The summed E-state index contributed by atoms with van der Waals surface area (Å²) in [5.74, 6) is 0.0276. The van der Waals surface area contributed by atoms with Gasteiger partial charge in [-0.15, -0.1) is 11.3 Å². The van der Waals surface area contributed by atoms with Crippen LogP contribution in [0.2, 0.25) is 0 Å². The second-order valence-corrected chi connectivity index (χ2v) is 6.31. The van der Waals surface area contributed by atoms with Gasteiger partial charge in [0.25, 0.3) is 5.56 Å². The van der Waals surface area contributed by atoms with Crippen LogP contribution in [-0.4, -0.2) is 22.5 Å². The van der Waals surface area contributed by atoms with E-state index in [0.717, 1.165) is 41.5 Å². The first-order chi connectivity index (χ1) is 10.7. The average molecular weight is 317 g/mol. The van der Waals surface area contributed by atoms with E-state index >= 15 is 0 Å². The number of aromatic nitrogens is 2. The average Bonchev–Trinajstić information content (AvgIpc) is 2.89. The molecule has 1 aliphatic carbocycles. The minimum Gasteiger partial charge on any atom is -0.450 e. The molecule has 1 N–H and O–H groups in total. The summed E-state index contributed by atoms with van der Waals surface area (Å²) in [6, 6.07) is 1.74. The van der Waals surface area contributed by atoms with Crippen LogP contribution in [0.25, 0.3) is 10.2 Å². The van der Waals surface area contributed by atoms with Gasteiger partial charge in [-0.2, -0.15) is 5.26 Å². The Morgan fingerprint density at radius 2 is 2.23 bits per heavy atom. The Bertz CT molecular complexity index is 816. The monoisotopic (exact) mass is 317 g/mol. The summed E-state index contributed by atoms with van der Waals surface area (Å²) in [7, 11) is 0. The van der Waals surface area contributed by atoms with Crippen molar-refractivity contribution in [1.29, 1.82) is 5.26 Å². The molecule has 0 aliphatic heterocycles. The van der Waals surface area contributed by atoms with E-state index in [0.29, 0.717) is 12.2 Å². The highest BCUT2D eigenvalue weighted by Crippen LogP contribution is 2.33. The molecule has 0 fully saturated rings. The van der Waals surface area contributed by atoms with Crippen LogP contribution in [0.4, 0.5) is 0 Å². The Hall–Kier alpha value is -2.20. The normalized spacial score (nSPS) is 13.6. The maximum absolute atomic E-state index is 12.3. The lowest BCUT2D eigenvalue weighted by atomic mass is 9.97. The molecule has 6 nitrogen and oxygen atoms in total. The van der Waals surface area contributed by atoms with Gasteiger partial charge in [0.1, 0.15) is 16.7 Å². The molecular weight excluding hydrogens is 302 g/mol. The lowest BCUT2D eigenvalue weighted by Crippen LogP contribution is -2.14. The molecule has 0 saturated carbocycles. The van der Waals surface area contributed by atoms with Gasteiger partial charge in [-0.3, -0.25) is 9.59 Å². The van der Waals surface area contributed by atoms with Crippen molar-refractivity contribution in [2.24, 2.45) is 0 Å². The zero-order valence-electron chi connectivity index (χ0n) is 12.0. The minimum absolute atomic E-state index is 0.0984. The van der Waals surface area contributed by atoms with E-state index in [1.54, 1.807) is 17.4 Å². The van der Waals surface area contributed by atoms with Gasteiger partial charge in [0, 0.05) is 11.3 Å². The van der Waals surface area contributed by atoms with Crippen LogP contribution in [0.5, 0.6) is 0 Å². The van der Waals surface area contributed by atoms with E-state index in [-0.39, 0.29) is 18.6 Å². The number of nitrogens with zero attached hydrogens (tertiary/aromatic N) is 2. The molecule has 114 valence electrons. The molecule has 0 radical (unpaired) electrons. The fraction of sp³-hybridized carbons (Fsp3) is 0.467. The standard InChI is InChI=1S/C15H15N3O3S/c16-7-8-21-12(19)6-5-11-17-14(20)13-9-3-1-2-4-10(9)22-15(13)18-11/h1-6,8H2,(H,17,18,20). The molecule has 0 saturated heterocycles. The molecule has 0 aromatic carbocycles. The van der Waals surface area contributed by atoms with Gasteiger partial charge in [0.05, 0.1) is 11.8 Å². The van der Waals surface area contributed by atoms with Crippen molar-refractivity contribution in [2.45, 2.75) is 38.5 Å². The van der Waals surface area contributed by atoms with Gasteiger partial charge in [-0.25, -0.2) is 4.98 Å². The summed E-state index contributed by atoms with van der Waals surface area (Å²) < 4.78 is 4.68. The predicted octanol–water partition coefficient (Wildman–Crippen LogP) is 1.86. The molecule has 0 atom stereocenters. The molecule has 0 unspecified atom stereocenters. The quantitative estimate of drug-likeness (QED) is 0.868. The highest BCUT2D eigenvalue weighted by molar-refractivity contribution is 7.18. The summed E-state index contributed by atoms with van der Waals surface area (Å²) >= 11 is 1.59. The Morgan fingerprint density at radius 1 is 1.41 bits per heavy atom. The number of aryl methyl sites for hydroxylation is 3. The van der Waals surface area contributed by atoms with E-state index in [1.165, 1.54) is 4.88 Å². The second kappa shape index (κ2) is 6.28. The molecule has 2 aromatic rings. The van der Waals surface area contributed by atoms with Gasteiger partial charge in [0.15, 0.2) is 6.61 Å². The topological polar surface area (TPSA) is 95.8 Å². The van der Waals surface area contributed by atoms with E-state index in [9.17, 15) is 9.59 Å². The number of fused-ring (bicyclic) bond motifs is 3. The number of nitriles is 1. The maximum atomic E-state index is 12.3. The number of aromatic amines is 1. The van der Waals surface area contributed by atoms with Crippen LogP contribution in [-0.2, 0) is 28.8 Å². The number of carbonyl (C=O) groups excluding carboxylic acids is 1. The van der Waals surface area contributed by atoms with Crippen molar-refractivity contribution in [3.63, 3.8) is 0 Å². The Labute approximate surface area is 130 Å². The lowest BCUT2D eigenvalue weighted by Gasteiger charge is -2.09. The zero-order chi connectivity index (χ0) is 15.5. The summed E-state index contributed by atoms with van der Waals surface area (Å²) in [6.07, 6.45) is 4.64. The fourth-order valence-electron chi connectivity index (χ4n) is 2.73. The SMILES string of the molecule is N#CCOC(=O)CCc1nc2sc3c(c2c(=O)[nH]1)CCCC3. The molecule has 2 aromatic heterocycles. The smallest absolute Gasteiger partial charge is 0.307 e. The summed E-state index contributed by atoms with van der Waals surface area (Å²) in [5.41, 5.74) is 1.03. The van der Waals surface area contributed by atoms with Crippen molar-refractivity contribution >= 4 is 27.5 Å². The fourth-order valence-corrected chi connectivity index (χ4v) is 4.01. The molecular formula is C15H15N3O3S. The molecule has 0 spiro atoms. The number of thiophene rings is 1. The van der Waals surface area contributed by atoms with Crippen LogP contribution >= 0.6 is 11.3 Å². The highest BCUT2D eigenvalue weighted by atomic mass is 32.1. The van der Waals surface area contributed by atoms with Crippen molar-refractivity contribution in [1.82, 2.24) is 9.97 Å². The molecule has 1 aliphatic rings. The third-order valence-electron chi connectivity index (χ3n) is 3.74. The number of esters is 1. The Morgan fingerprint density at radius 3 is 3.05 bits per heavy atom. The van der Waals surface area contributed by atoms with Crippen LogP contribution < -0.4 is 5.56 Å². The molecule has 0 bridgehead atoms. The van der Waals surface area contributed by atoms with E-state index in [4.69, 9.17) is 5.26 Å². The van der Waals surface area contributed by atoms with Crippen molar-refractivity contribution in [2.75, 3.05) is 6.61 Å². The van der Waals surface area contributed by atoms with Gasteiger partial charge < -0.3 is 9.72 Å². The first-order valence-electron chi connectivity index (χ1n) is 7.25. The third kappa shape index (κ3) is 2.88. The number of H-pyrrole nitrogens is 1. The van der Waals surface area contributed by atoms with Gasteiger partial charge in [-0.05, 0) is 31.2 Å². The second-order valence-electron chi connectivity index (χ2n) is 5.22. The van der Waals surface area contributed by atoms with Crippen LogP contribution in [0, 0.1) is 11.3 Å². The van der Waals surface area contributed by atoms with Crippen LogP contribution in [0.1, 0.15) is 35.5 Å². The van der Waals surface area contributed by atoms with E-state index in [2.05, 4.69) is 14.7 Å². The van der Waals surface area contributed by atoms with Crippen molar-refractivity contribution in [3.05, 3.63) is 26.6 Å². The first-order valence-corrected chi connectivity index (χ1v) is 8.06. The Balaban J connectivity index is 1.82. The summed E-state index contributed by atoms with van der Waals surface area (Å²) in [6.45, 7) is -0.251. The van der Waals surface area contributed by atoms with Crippen LogP contribution in [0.15, 0.2) is 4.79 Å². The molecule has 22 heavy (non-hydrogen) atoms. The van der Waals surface area contributed by atoms with Crippen molar-refractivity contribution in [3.8, 4) is 6.07 Å². The highest BCUT2D eigenvalue weighted by Gasteiger charge is 2.19. The molecule has 7 heteroatoms. The van der Waals surface area contributed by atoms with Gasteiger partial charge in [-0.1, -0.05) is 0 Å². The van der Waals surface area contributed by atoms with Gasteiger partial charge >= 0.3 is 5.97 Å². The number of carbonyl (C=O) groups is 1. The minimum atomic E-state index is -0.463. The van der Waals surface area contributed by atoms with E-state index < -0.39 is 5.97 Å². The lowest BCUT2D eigenvalue weighted by molar-refractivity contribution is -0.142. The first kappa shape index (κ1) is 14.7. The summed E-state index contributed by atoms with van der Waals surface area (Å²) in [4.78, 5) is 33.0. The zero-order valence-corrected chi connectivity index (χ0v) is 12.8. The largest absolute Gasteiger partial charge is 0.450 e. The predicted molar refractivity (Wildman–Crippen MR) is 81.8 cm³/mol. The number of hydrogen-bond donors (Lipinski definition) is 1. The number of ether oxygens (including phenoxy) is 1. The number of rotatable bonds is 4. The summed E-state index contributed by atoms with van der Waals surface area (Å²) in [5, 5.41) is 9.07. The molecule has 2 heterocycles. The maximum Gasteiger partial charge on any atom is 0.307 e. The van der Waals surface area contributed by atoms with Crippen LogP contribution in [0.3, 0.4) is 0 Å². The number of nitrogens with one attached hydrogen (secondary N) is 1.